The van der Waals surface area contributed by atoms with Gasteiger partial charge >= 0.3 is 11.9 Å². The van der Waals surface area contributed by atoms with E-state index in [2.05, 4.69) is 15.8 Å². The zero-order valence-corrected chi connectivity index (χ0v) is 23.8. The molecule has 0 saturated carbocycles. The van der Waals surface area contributed by atoms with Crippen molar-refractivity contribution in [1.29, 1.82) is 0 Å². The molecule has 2 aromatic carbocycles. The first-order chi connectivity index (χ1) is 20.2. The lowest BCUT2D eigenvalue weighted by Gasteiger charge is -2.50. The fraction of sp³-hybridized carbons (Fsp3) is 0.310. The minimum absolute atomic E-state index is 0.0220. The van der Waals surface area contributed by atoms with Crippen molar-refractivity contribution in [1.82, 2.24) is 15.6 Å². The number of amides is 2. The maximum absolute atomic E-state index is 14.2. The lowest BCUT2D eigenvalue weighted by molar-refractivity contribution is -0.150. The molecule has 0 aromatic heterocycles. The van der Waals surface area contributed by atoms with Gasteiger partial charge in [-0.3, -0.25) is 28.9 Å². The molecular weight excluding hydrogens is 564 g/mol. The fourth-order valence-electron chi connectivity index (χ4n) is 5.42. The predicted molar refractivity (Wildman–Crippen MR) is 150 cm³/mol. The number of esters is 2. The molecule has 0 aliphatic carbocycles. The van der Waals surface area contributed by atoms with Crippen LogP contribution < -0.4 is 10.7 Å². The Hall–Kier alpha value is -4.65. The zero-order valence-electron chi connectivity index (χ0n) is 22.9. The highest BCUT2D eigenvalue weighted by molar-refractivity contribution is 7.87. The van der Waals surface area contributed by atoms with Gasteiger partial charge in [0.2, 0.25) is 0 Å². The van der Waals surface area contributed by atoms with Crippen LogP contribution in [0.1, 0.15) is 35.7 Å². The van der Waals surface area contributed by atoms with E-state index in [0.29, 0.717) is 5.56 Å². The normalized spacial score (nSPS) is 26.3. The minimum Gasteiger partial charge on any atom is -0.464 e. The van der Waals surface area contributed by atoms with E-state index in [1.165, 1.54) is 6.92 Å². The summed E-state index contributed by atoms with van der Waals surface area (Å²) < 4.78 is 24.2. The van der Waals surface area contributed by atoms with Crippen LogP contribution >= 0.6 is 0 Å². The number of methoxy groups -OCH3 is 1. The van der Waals surface area contributed by atoms with Crippen LogP contribution in [0.3, 0.4) is 0 Å². The Balaban J connectivity index is 1.51. The van der Waals surface area contributed by atoms with Gasteiger partial charge < -0.3 is 14.8 Å². The molecule has 13 heteroatoms. The van der Waals surface area contributed by atoms with Gasteiger partial charge in [0.15, 0.2) is 11.5 Å². The average molecular weight is 593 g/mol. The number of fused-ring (bicyclic) bond motifs is 1. The van der Waals surface area contributed by atoms with Gasteiger partial charge in [0.05, 0.1) is 30.4 Å². The van der Waals surface area contributed by atoms with Crippen LogP contribution in [0.2, 0.25) is 0 Å². The van der Waals surface area contributed by atoms with Gasteiger partial charge in [0.1, 0.15) is 28.4 Å². The van der Waals surface area contributed by atoms with Crippen molar-refractivity contribution in [2.45, 2.75) is 42.5 Å². The maximum atomic E-state index is 14.2. The summed E-state index contributed by atoms with van der Waals surface area (Å²) in [4.78, 5) is 67.0. The molecule has 2 amide bonds. The second-order valence-corrected chi connectivity index (χ2v) is 11.4. The molecule has 218 valence electrons. The van der Waals surface area contributed by atoms with Crippen molar-refractivity contribution in [3.8, 4) is 0 Å². The van der Waals surface area contributed by atoms with Gasteiger partial charge in [-0.1, -0.05) is 48.5 Å². The number of hydrogen-bond acceptors (Lipinski definition) is 10. The molecule has 2 aromatic rings. The molecule has 12 nitrogen and oxygen atoms in total. The first-order valence-corrected chi connectivity index (χ1v) is 14.4. The van der Waals surface area contributed by atoms with Gasteiger partial charge in [-0.05, 0) is 37.1 Å². The summed E-state index contributed by atoms with van der Waals surface area (Å²) in [6.07, 6.45) is 0. The SMILES string of the molecule is CCOC(=O)C1=NN[C@@H](C(=O)[C@@H]2C(C)=C(C(=O)OC)N3C(=O)[C@@H](NC(=O)c4ccccc4)[C@H]3S2=O)[C@@H]1c1ccccc1. The van der Waals surface area contributed by atoms with Crippen molar-refractivity contribution in [2.24, 2.45) is 5.10 Å². The molecule has 5 rings (SSSR count). The van der Waals surface area contributed by atoms with E-state index in [0.717, 1.165) is 12.0 Å². The van der Waals surface area contributed by atoms with Crippen molar-refractivity contribution in [2.75, 3.05) is 13.7 Å². The van der Waals surface area contributed by atoms with Gasteiger partial charge in [-0.15, -0.1) is 0 Å². The molecule has 0 spiro atoms. The van der Waals surface area contributed by atoms with Crippen LogP contribution in [0.15, 0.2) is 77.0 Å². The highest BCUT2D eigenvalue weighted by Gasteiger charge is 2.61. The molecule has 3 aliphatic heterocycles. The quantitative estimate of drug-likeness (QED) is 0.333. The number of benzene rings is 2. The van der Waals surface area contributed by atoms with Crippen LogP contribution in [0.4, 0.5) is 0 Å². The molecular formula is C29H28N4O8S. The number of carbonyl (C=O) groups excluding carboxylic acids is 5. The van der Waals surface area contributed by atoms with Crippen LogP contribution in [0.5, 0.6) is 0 Å². The number of nitrogens with one attached hydrogen (secondary N) is 2. The van der Waals surface area contributed by atoms with E-state index in [4.69, 9.17) is 9.47 Å². The number of nitrogens with zero attached hydrogens (tertiary/aromatic N) is 2. The van der Waals surface area contributed by atoms with E-state index in [1.807, 2.05) is 0 Å². The molecule has 1 saturated heterocycles. The number of rotatable bonds is 8. The third kappa shape index (κ3) is 4.79. The number of hydrazone groups is 1. The Morgan fingerprint density at radius 1 is 1.02 bits per heavy atom. The number of hydrogen-bond donors (Lipinski definition) is 2. The van der Waals surface area contributed by atoms with Crippen molar-refractivity contribution in [3.63, 3.8) is 0 Å². The molecule has 0 bridgehead atoms. The summed E-state index contributed by atoms with van der Waals surface area (Å²) in [5.74, 6) is -4.32. The van der Waals surface area contributed by atoms with Crippen LogP contribution in [0, 0.1) is 0 Å². The smallest absolute Gasteiger partial charge is 0.355 e. The fourth-order valence-corrected chi connectivity index (χ4v) is 7.40. The van der Waals surface area contributed by atoms with Gasteiger partial charge in [0.25, 0.3) is 11.8 Å². The number of ether oxygens (including phenoxy) is 2. The molecule has 3 heterocycles. The first kappa shape index (κ1) is 28.9. The molecule has 6 atom stereocenters. The van der Waals surface area contributed by atoms with Crippen molar-refractivity contribution < 1.29 is 37.7 Å². The van der Waals surface area contributed by atoms with E-state index in [1.54, 1.807) is 67.6 Å². The van der Waals surface area contributed by atoms with Crippen LogP contribution in [-0.2, 0) is 39.5 Å². The molecule has 0 radical (unpaired) electrons. The summed E-state index contributed by atoms with van der Waals surface area (Å²) in [5, 5.41) is 4.12. The maximum Gasteiger partial charge on any atom is 0.355 e. The molecule has 42 heavy (non-hydrogen) atoms. The Morgan fingerprint density at radius 3 is 2.29 bits per heavy atom. The number of β-lactam (4-membered cyclic amide) rings is 1. The summed E-state index contributed by atoms with van der Waals surface area (Å²) in [6.45, 7) is 3.18. The Morgan fingerprint density at radius 2 is 1.67 bits per heavy atom. The highest BCUT2D eigenvalue weighted by Crippen LogP contribution is 2.40. The van der Waals surface area contributed by atoms with Crippen LogP contribution in [-0.4, -0.2) is 80.8 Å². The Labute approximate surface area is 243 Å². The third-order valence-corrected chi connectivity index (χ3v) is 9.39. The standard InChI is InChI=1S/C29H28N4O8S/c1-4-41-28(37)20-18(16-11-7-5-8-12-16)19(31-32-20)23(34)24-15(2)22(29(38)40-3)33-26(36)21(27(33)42(24)39)30-25(35)17-13-9-6-10-14-17/h5-14,18-19,21,24,27,31H,4H2,1-3H3,(H,30,35)/t18-,19+,21+,24-,27+,42?/m0/s1. The van der Waals surface area contributed by atoms with E-state index in [9.17, 15) is 28.2 Å². The Kier molecular flexibility index (Phi) is 8.03. The van der Waals surface area contributed by atoms with Crippen molar-refractivity contribution >= 4 is 46.0 Å². The number of Topliss-reactive ketones (excluding diaryl/α,β-unsaturated/α-hetero) is 1. The molecule has 1 unspecified atom stereocenters. The largest absolute Gasteiger partial charge is 0.464 e. The van der Waals surface area contributed by atoms with E-state index >= 15 is 0 Å². The zero-order chi connectivity index (χ0) is 30.1. The highest BCUT2D eigenvalue weighted by atomic mass is 32.2. The lowest BCUT2D eigenvalue weighted by atomic mass is 9.84. The summed E-state index contributed by atoms with van der Waals surface area (Å²) in [7, 11) is -0.986. The summed E-state index contributed by atoms with van der Waals surface area (Å²) in [6, 6.07) is 14.5. The minimum atomic E-state index is -2.11. The van der Waals surface area contributed by atoms with Crippen molar-refractivity contribution in [3.05, 3.63) is 83.1 Å². The van der Waals surface area contributed by atoms with Gasteiger partial charge in [-0.25, -0.2) is 9.59 Å². The molecule has 2 N–H and O–H groups in total. The van der Waals surface area contributed by atoms with Gasteiger partial charge in [-0.2, -0.15) is 5.10 Å². The number of carbonyl (C=O) groups is 5. The summed E-state index contributed by atoms with van der Waals surface area (Å²) >= 11 is 0. The molecule has 1 fully saturated rings. The van der Waals surface area contributed by atoms with Gasteiger partial charge in [0, 0.05) is 5.56 Å². The lowest BCUT2D eigenvalue weighted by Crippen LogP contribution is -2.75. The second-order valence-electron chi connectivity index (χ2n) is 9.76. The van der Waals surface area contributed by atoms with Crippen LogP contribution in [0.25, 0.3) is 0 Å². The Bertz CT molecular complexity index is 1540. The average Bonchev–Trinajstić information content (AvgIpc) is 3.46. The topological polar surface area (TPSA) is 161 Å². The van der Waals surface area contributed by atoms with E-state index in [-0.39, 0.29) is 29.2 Å². The molecule has 3 aliphatic rings. The summed E-state index contributed by atoms with van der Waals surface area (Å²) in [5.41, 5.74) is 3.43. The number of ketones is 1. The first-order valence-electron chi connectivity index (χ1n) is 13.2. The van der Waals surface area contributed by atoms with E-state index < -0.39 is 69.0 Å². The third-order valence-electron chi connectivity index (χ3n) is 7.38. The second kappa shape index (κ2) is 11.7. The monoisotopic (exact) mass is 592 g/mol. The predicted octanol–water partition coefficient (Wildman–Crippen LogP) is 0.775.